The lowest BCUT2D eigenvalue weighted by molar-refractivity contribution is 0.0836. The van der Waals surface area contributed by atoms with Crippen molar-refractivity contribution in [3.05, 3.63) is 0 Å². The van der Waals surface area contributed by atoms with Crippen LogP contribution in [-0.2, 0) is 9.68 Å². The van der Waals surface area contributed by atoms with E-state index in [1.807, 2.05) is 27.7 Å². The van der Waals surface area contributed by atoms with E-state index in [1.165, 1.54) is 0 Å². The minimum Gasteiger partial charge on any atom is -0.393 e. The first kappa shape index (κ1) is 13.2. The standard InChI is InChI=1S/C9H17ClN2O2/c1-6(2)13-11-8(5)9(10)12-14-7(3)4/h6-7H,1-5H3/b11-8-,12-9-. The second-order valence-electron chi connectivity index (χ2n) is 3.37. The monoisotopic (exact) mass is 220 g/mol. The molecule has 0 aliphatic heterocycles. The van der Waals surface area contributed by atoms with E-state index in [9.17, 15) is 0 Å². The molecule has 4 nitrogen and oxygen atoms in total. The highest BCUT2D eigenvalue weighted by Crippen LogP contribution is 1.98. The van der Waals surface area contributed by atoms with E-state index in [0.717, 1.165) is 0 Å². The van der Waals surface area contributed by atoms with Crippen molar-refractivity contribution in [3.8, 4) is 0 Å². The van der Waals surface area contributed by atoms with Gasteiger partial charge in [-0.2, -0.15) is 0 Å². The molecule has 0 N–H and O–H groups in total. The van der Waals surface area contributed by atoms with E-state index in [1.54, 1.807) is 6.92 Å². The Morgan fingerprint density at radius 1 is 1.00 bits per heavy atom. The van der Waals surface area contributed by atoms with Crippen molar-refractivity contribution in [2.24, 2.45) is 10.3 Å². The molecule has 0 rings (SSSR count). The maximum Gasteiger partial charge on any atom is 0.192 e. The number of halogens is 1. The van der Waals surface area contributed by atoms with Gasteiger partial charge >= 0.3 is 0 Å². The Balaban J connectivity index is 4.15. The summed E-state index contributed by atoms with van der Waals surface area (Å²) in [6.45, 7) is 9.20. The zero-order chi connectivity index (χ0) is 11.1. The van der Waals surface area contributed by atoms with Crippen LogP contribution in [0.1, 0.15) is 34.6 Å². The van der Waals surface area contributed by atoms with E-state index >= 15 is 0 Å². The molecule has 0 aliphatic carbocycles. The van der Waals surface area contributed by atoms with E-state index in [-0.39, 0.29) is 17.4 Å². The molecule has 0 bridgehead atoms. The third kappa shape index (κ3) is 6.71. The number of oxime groups is 2. The average molecular weight is 221 g/mol. The summed E-state index contributed by atoms with van der Waals surface area (Å²) in [6.07, 6.45) is 0.0306. The highest BCUT2D eigenvalue weighted by molar-refractivity contribution is 6.83. The minimum atomic E-state index is 0.00238. The van der Waals surface area contributed by atoms with Gasteiger partial charge in [0.05, 0.1) is 0 Å². The van der Waals surface area contributed by atoms with Crippen LogP contribution in [0.3, 0.4) is 0 Å². The molecule has 0 saturated heterocycles. The second kappa shape index (κ2) is 6.65. The Morgan fingerprint density at radius 3 is 1.86 bits per heavy atom. The molecule has 14 heavy (non-hydrogen) atoms. The molecule has 5 heteroatoms. The van der Waals surface area contributed by atoms with Crippen LogP contribution in [0.4, 0.5) is 0 Å². The van der Waals surface area contributed by atoms with Crippen LogP contribution >= 0.6 is 11.6 Å². The van der Waals surface area contributed by atoms with Gasteiger partial charge in [-0.25, -0.2) is 0 Å². The highest BCUT2D eigenvalue weighted by Gasteiger charge is 2.02. The van der Waals surface area contributed by atoms with Crippen molar-refractivity contribution in [1.82, 2.24) is 0 Å². The summed E-state index contributed by atoms with van der Waals surface area (Å²) < 4.78 is 0. The predicted octanol–water partition coefficient (Wildman–Crippen LogP) is 2.76. The average Bonchev–Trinajstić information content (AvgIpc) is 2.09. The molecular formula is C9H17ClN2O2. The lowest BCUT2D eigenvalue weighted by Gasteiger charge is -2.04. The molecule has 82 valence electrons. The first-order valence-corrected chi connectivity index (χ1v) is 4.91. The molecule has 0 aromatic carbocycles. The largest absolute Gasteiger partial charge is 0.393 e. The minimum absolute atomic E-state index is 0.00238. The summed E-state index contributed by atoms with van der Waals surface area (Å²) in [5.74, 6) is 0. The van der Waals surface area contributed by atoms with Crippen molar-refractivity contribution >= 4 is 22.5 Å². The number of rotatable bonds is 5. The van der Waals surface area contributed by atoms with Crippen LogP contribution in [0.15, 0.2) is 10.3 Å². The van der Waals surface area contributed by atoms with Crippen LogP contribution in [0, 0.1) is 0 Å². The van der Waals surface area contributed by atoms with Gasteiger partial charge in [0.15, 0.2) is 5.17 Å². The summed E-state index contributed by atoms with van der Waals surface area (Å²) in [5, 5.41) is 7.66. The SMILES string of the molecule is CC(=N/OC(C)C)/C(Cl)=N/OC(C)C. The second-order valence-corrected chi connectivity index (χ2v) is 3.73. The van der Waals surface area contributed by atoms with Gasteiger partial charge in [-0.05, 0) is 34.6 Å². The van der Waals surface area contributed by atoms with E-state index in [2.05, 4.69) is 10.3 Å². The summed E-state index contributed by atoms with van der Waals surface area (Å²) in [4.78, 5) is 9.95. The molecule has 0 atom stereocenters. The molecule has 0 spiro atoms. The molecule has 0 aromatic heterocycles. The summed E-state index contributed by atoms with van der Waals surface area (Å²) in [6, 6.07) is 0. The third-order valence-electron chi connectivity index (χ3n) is 1.04. The Hall–Kier alpha value is -0.770. The van der Waals surface area contributed by atoms with Crippen molar-refractivity contribution in [2.75, 3.05) is 0 Å². The number of hydrogen-bond donors (Lipinski definition) is 0. The van der Waals surface area contributed by atoms with Gasteiger partial charge in [-0.3, -0.25) is 0 Å². The van der Waals surface area contributed by atoms with Crippen molar-refractivity contribution in [2.45, 2.75) is 46.8 Å². The topological polar surface area (TPSA) is 43.2 Å². The van der Waals surface area contributed by atoms with Gasteiger partial charge in [-0.15, -0.1) is 0 Å². The van der Waals surface area contributed by atoms with Gasteiger partial charge in [0, 0.05) is 0 Å². The summed E-state index contributed by atoms with van der Waals surface area (Å²) in [7, 11) is 0. The zero-order valence-corrected chi connectivity index (χ0v) is 10.00. The molecular weight excluding hydrogens is 204 g/mol. The molecule has 0 aromatic rings. The first-order valence-electron chi connectivity index (χ1n) is 4.53. The fraction of sp³-hybridized carbons (Fsp3) is 0.778. The van der Waals surface area contributed by atoms with E-state index < -0.39 is 0 Å². The van der Waals surface area contributed by atoms with Crippen LogP contribution in [0.25, 0.3) is 0 Å². The van der Waals surface area contributed by atoms with Gasteiger partial charge in [0.2, 0.25) is 0 Å². The van der Waals surface area contributed by atoms with Crippen LogP contribution < -0.4 is 0 Å². The Morgan fingerprint density at radius 2 is 1.43 bits per heavy atom. The summed E-state index contributed by atoms with van der Waals surface area (Å²) in [5.41, 5.74) is 0.501. The maximum absolute atomic E-state index is 5.77. The van der Waals surface area contributed by atoms with E-state index in [4.69, 9.17) is 21.3 Å². The van der Waals surface area contributed by atoms with Crippen molar-refractivity contribution < 1.29 is 9.68 Å². The van der Waals surface area contributed by atoms with Gasteiger partial charge in [0.25, 0.3) is 0 Å². The third-order valence-corrected chi connectivity index (χ3v) is 1.39. The molecule has 0 unspecified atom stereocenters. The van der Waals surface area contributed by atoms with Crippen molar-refractivity contribution in [1.29, 1.82) is 0 Å². The molecule has 0 aliphatic rings. The lowest BCUT2D eigenvalue weighted by atomic mass is 10.5. The van der Waals surface area contributed by atoms with E-state index in [0.29, 0.717) is 5.71 Å². The number of hydrogen-bond acceptors (Lipinski definition) is 4. The molecule has 0 fully saturated rings. The predicted molar refractivity (Wildman–Crippen MR) is 58.8 cm³/mol. The maximum atomic E-state index is 5.77. The first-order chi connectivity index (χ1) is 6.43. The van der Waals surface area contributed by atoms with Gasteiger partial charge in [0.1, 0.15) is 17.9 Å². The lowest BCUT2D eigenvalue weighted by Crippen LogP contribution is -2.08. The zero-order valence-electron chi connectivity index (χ0n) is 9.24. The fourth-order valence-electron chi connectivity index (χ4n) is 0.440. The van der Waals surface area contributed by atoms with Crippen LogP contribution in [0.5, 0.6) is 0 Å². The molecule has 0 radical (unpaired) electrons. The Bertz CT molecular complexity index is 201. The highest BCUT2D eigenvalue weighted by atomic mass is 35.5. The van der Waals surface area contributed by atoms with Gasteiger partial charge in [-0.1, -0.05) is 21.9 Å². The molecule has 0 heterocycles. The Labute approximate surface area is 89.9 Å². The quantitative estimate of drug-likeness (QED) is 0.528. The summed E-state index contributed by atoms with van der Waals surface area (Å²) >= 11 is 5.77. The molecule has 0 amide bonds. The van der Waals surface area contributed by atoms with Gasteiger partial charge < -0.3 is 9.68 Å². The molecule has 0 saturated carbocycles. The fourth-order valence-corrected chi connectivity index (χ4v) is 0.514. The number of nitrogens with zero attached hydrogens (tertiary/aromatic N) is 2. The smallest absolute Gasteiger partial charge is 0.192 e. The Kier molecular flexibility index (Phi) is 6.28. The van der Waals surface area contributed by atoms with Crippen LogP contribution in [-0.4, -0.2) is 23.1 Å². The van der Waals surface area contributed by atoms with Crippen LogP contribution in [0.2, 0.25) is 0 Å². The normalized spacial score (nSPS) is 13.7. The van der Waals surface area contributed by atoms with Crippen molar-refractivity contribution in [3.63, 3.8) is 0 Å².